The van der Waals surface area contributed by atoms with Crippen LogP contribution in [0.4, 0.5) is 5.69 Å². The van der Waals surface area contributed by atoms with E-state index in [0.29, 0.717) is 0 Å². The van der Waals surface area contributed by atoms with E-state index in [1.54, 1.807) is 0 Å². The lowest BCUT2D eigenvalue weighted by atomic mass is 10.0. The van der Waals surface area contributed by atoms with Crippen molar-refractivity contribution in [2.75, 3.05) is 11.4 Å². The summed E-state index contributed by atoms with van der Waals surface area (Å²) in [5, 5.41) is 0. The van der Waals surface area contributed by atoms with Crippen LogP contribution in [0, 0.1) is 0 Å². The largest absolute Gasteiger partial charge is 0.442 e. The van der Waals surface area contributed by atoms with E-state index in [1.807, 2.05) is 0 Å². The Morgan fingerprint density at radius 1 is 1.35 bits per heavy atom. The molecule has 0 amide bonds. The molecular formula is C17H25NO2. The zero-order valence-corrected chi connectivity index (χ0v) is 12.6. The van der Waals surface area contributed by atoms with Crippen LogP contribution in [0.5, 0.6) is 0 Å². The minimum Gasteiger partial charge on any atom is -0.442 e. The van der Waals surface area contributed by atoms with Crippen molar-refractivity contribution in [1.82, 2.24) is 0 Å². The Balaban J connectivity index is 2.13. The third-order valence-corrected chi connectivity index (χ3v) is 3.85. The molecular weight excluding hydrogens is 250 g/mol. The lowest BCUT2D eigenvalue weighted by Crippen LogP contribution is -2.41. The van der Waals surface area contributed by atoms with Gasteiger partial charge in [-0.1, -0.05) is 38.0 Å². The average Bonchev–Trinajstić information content (AvgIpc) is 2.45. The fourth-order valence-corrected chi connectivity index (χ4v) is 2.90. The van der Waals surface area contributed by atoms with Gasteiger partial charge in [-0.05, 0) is 30.9 Å². The number of benzene rings is 1. The van der Waals surface area contributed by atoms with E-state index in [-0.39, 0.29) is 12.2 Å². The molecule has 0 bridgehead atoms. The second-order valence-corrected chi connectivity index (χ2v) is 5.49. The van der Waals surface area contributed by atoms with Crippen molar-refractivity contribution in [2.45, 2.75) is 58.6 Å². The Labute approximate surface area is 121 Å². The van der Waals surface area contributed by atoms with E-state index in [4.69, 9.17) is 4.74 Å². The standard InChI is InChI=1S/C17H25NO2/c1-3-4-5-12-17(20-14(2)19)18-13-8-10-15-9-6-7-11-16(15)18/h6-7,9,11,17H,3-5,8,10,12-13H2,1-2H3. The first-order chi connectivity index (χ1) is 9.72. The van der Waals surface area contributed by atoms with Gasteiger partial charge in [0.2, 0.25) is 0 Å². The summed E-state index contributed by atoms with van der Waals surface area (Å²) in [6.45, 7) is 4.67. The van der Waals surface area contributed by atoms with Crippen molar-refractivity contribution in [1.29, 1.82) is 0 Å². The number of carbonyl (C=O) groups excluding carboxylic acids is 1. The maximum absolute atomic E-state index is 11.4. The Morgan fingerprint density at radius 2 is 2.15 bits per heavy atom. The zero-order chi connectivity index (χ0) is 14.4. The van der Waals surface area contributed by atoms with Crippen LogP contribution in [-0.4, -0.2) is 18.7 Å². The highest BCUT2D eigenvalue weighted by atomic mass is 16.6. The minimum atomic E-state index is -0.186. The minimum absolute atomic E-state index is 0.111. The summed E-state index contributed by atoms with van der Waals surface area (Å²) >= 11 is 0. The summed E-state index contributed by atoms with van der Waals surface area (Å²) in [7, 11) is 0. The molecule has 0 N–H and O–H groups in total. The smallest absolute Gasteiger partial charge is 0.304 e. The van der Waals surface area contributed by atoms with Gasteiger partial charge in [-0.2, -0.15) is 0 Å². The summed E-state index contributed by atoms with van der Waals surface area (Å²) < 4.78 is 5.58. The fraction of sp³-hybridized carbons (Fsp3) is 0.588. The Bertz CT molecular complexity index is 444. The van der Waals surface area contributed by atoms with Crippen LogP contribution in [0.25, 0.3) is 0 Å². The van der Waals surface area contributed by atoms with Gasteiger partial charge in [0, 0.05) is 25.6 Å². The summed E-state index contributed by atoms with van der Waals surface area (Å²) in [5.41, 5.74) is 2.60. The number of rotatable bonds is 6. The summed E-state index contributed by atoms with van der Waals surface area (Å²) in [4.78, 5) is 13.7. The highest BCUT2D eigenvalue weighted by molar-refractivity contribution is 5.67. The Hall–Kier alpha value is -1.51. The average molecular weight is 275 g/mol. The molecule has 0 saturated carbocycles. The van der Waals surface area contributed by atoms with E-state index in [1.165, 1.54) is 31.0 Å². The van der Waals surface area contributed by atoms with E-state index in [9.17, 15) is 4.79 Å². The first-order valence-corrected chi connectivity index (χ1v) is 7.74. The zero-order valence-electron chi connectivity index (χ0n) is 12.6. The molecule has 0 aromatic heterocycles. The first kappa shape index (κ1) is 14.9. The van der Waals surface area contributed by atoms with Crippen molar-refractivity contribution in [3.8, 4) is 0 Å². The monoisotopic (exact) mass is 275 g/mol. The molecule has 1 aliphatic rings. The predicted octanol–water partition coefficient (Wildman–Crippen LogP) is 3.91. The highest BCUT2D eigenvalue weighted by Gasteiger charge is 2.25. The number of aryl methyl sites for hydroxylation is 1. The first-order valence-electron chi connectivity index (χ1n) is 7.74. The SMILES string of the molecule is CCCCCC(OC(C)=O)N1CCCc2ccccc21. The Kier molecular flexibility index (Phi) is 5.45. The maximum Gasteiger partial charge on any atom is 0.304 e. The topological polar surface area (TPSA) is 29.5 Å². The lowest BCUT2D eigenvalue weighted by Gasteiger charge is -2.37. The third-order valence-electron chi connectivity index (χ3n) is 3.85. The molecule has 110 valence electrons. The van der Waals surface area contributed by atoms with Crippen LogP contribution in [-0.2, 0) is 16.0 Å². The van der Waals surface area contributed by atoms with Crippen molar-refractivity contribution < 1.29 is 9.53 Å². The van der Waals surface area contributed by atoms with Gasteiger partial charge in [0.1, 0.15) is 0 Å². The molecule has 0 saturated heterocycles. The van der Waals surface area contributed by atoms with E-state index < -0.39 is 0 Å². The number of unbranched alkanes of at least 4 members (excludes halogenated alkanes) is 2. The molecule has 1 aliphatic heterocycles. The van der Waals surface area contributed by atoms with Crippen LogP contribution in [0.2, 0.25) is 0 Å². The van der Waals surface area contributed by atoms with Gasteiger partial charge in [-0.3, -0.25) is 4.79 Å². The number of nitrogens with zero attached hydrogens (tertiary/aromatic N) is 1. The van der Waals surface area contributed by atoms with Gasteiger partial charge in [0.05, 0.1) is 0 Å². The third kappa shape index (κ3) is 3.75. The maximum atomic E-state index is 11.4. The van der Waals surface area contributed by atoms with Crippen LogP contribution < -0.4 is 4.90 Å². The van der Waals surface area contributed by atoms with E-state index >= 15 is 0 Å². The molecule has 2 rings (SSSR count). The molecule has 1 aromatic carbocycles. The van der Waals surface area contributed by atoms with Crippen LogP contribution in [0.15, 0.2) is 24.3 Å². The van der Waals surface area contributed by atoms with Crippen molar-refractivity contribution in [2.24, 2.45) is 0 Å². The van der Waals surface area contributed by atoms with E-state index in [0.717, 1.165) is 32.2 Å². The van der Waals surface area contributed by atoms with Crippen molar-refractivity contribution in [3.05, 3.63) is 29.8 Å². The van der Waals surface area contributed by atoms with Gasteiger partial charge in [0.25, 0.3) is 0 Å². The molecule has 1 atom stereocenters. The van der Waals surface area contributed by atoms with Crippen LogP contribution in [0.3, 0.4) is 0 Å². The molecule has 0 aliphatic carbocycles. The van der Waals surface area contributed by atoms with Crippen molar-refractivity contribution in [3.63, 3.8) is 0 Å². The van der Waals surface area contributed by atoms with Crippen LogP contribution >= 0.6 is 0 Å². The number of para-hydroxylation sites is 1. The van der Waals surface area contributed by atoms with Crippen molar-refractivity contribution >= 4 is 11.7 Å². The number of ether oxygens (including phenoxy) is 1. The normalized spacial score (nSPS) is 15.6. The molecule has 0 spiro atoms. The molecule has 1 aromatic rings. The summed E-state index contributed by atoms with van der Waals surface area (Å²) in [6, 6.07) is 8.47. The Morgan fingerprint density at radius 3 is 2.90 bits per heavy atom. The number of fused-ring (bicyclic) bond motifs is 1. The summed E-state index contributed by atoms with van der Waals surface area (Å²) in [5.74, 6) is -0.186. The number of hydrogen-bond acceptors (Lipinski definition) is 3. The molecule has 0 radical (unpaired) electrons. The molecule has 1 unspecified atom stereocenters. The number of anilines is 1. The predicted molar refractivity (Wildman–Crippen MR) is 81.8 cm³/mol. The molecule has 1 heterocycles. The second-order valence-electron chi connectivity index (χ2n) is 5.49. The summed E-state index contributed by atoms with van der Waals surface area (Å²) in [6.07, 6.45) is 6.53. The molecule has 0 fully saturated rings. The second kappa shape index (κ2) is 7.32. The van der Waals surface area contributed by atoms with E-state index in [2.05, 4.69) is 36.1 Å². The quantitative estimate of drug-likeness (QED) is 0.582. The lowest BCUT2D eigenvalue weighted by molar-refractivity contribution is -0.146. The molecule has 3 heteroatoms. The molecule has 3 nitrogen and oxygen atoms in total. The number of carbonyl (C=O) groups is 1. The van der Waals surface area contributed by atoms with Gasteiger partial charge < -0.3 is 9.64 Å². The number of hydrogen-bond donors (Lipinski definition) is 0. The van der Waals surface area contributed by atoms with Gasteiger partial charge >= 0.3 is 5.97 Å². The van der Waals surface area contributed by atoms with Gasteiger partial charge in [-0.15, -0.1) is 0 Å². The number of esters is 1. The van der Waals surface area contributed by atoms with Gasteiger partial charge in [0.15, 0.2) is 6.23 Å². The highest BCUT2D eigenvalue weighted by Crippen LogP contribution is 2.30. The van der Waals surface area contributed by atoms with Crippen LogP contribution in [0.1, 0.15) is 51.5 Å². The molecule has 20 heavy (non-hydrogen) atoms. The fourth-order valence-electron chi connectivity index (χ4n) is 2.90. The van der Waals surface area contributed by atoms with Gasteiger partial charge in [-0.25, -0.2) is 0 Å².